The highest BCUT2D eigenvalue weighted by molar-refractivity contribution is 7.09. The highest BCUT2D eigenvalue weighted by Crippen LogP contribution is 2.34. The Balaban J connectivity index is 1.73. The van der Waals surface area contributed by atoms with Gasteiger partial charge >= 0.3 is 6.18 Å². The molecule has 0 aliphatic rings. The number of anilines is 2. The van der Waals surface area contributed by atoms with Crippen LogP contribution in [0.25, 0.3) is 0 Å². The third kappa shape index (κ3) is 6.05. The maximum atomic E-state index is 13.0. The van der Waals surface area contributed by atoms with E-state index in [0.717, 1.165) is 28.9 Å². The molecule has 2 aromatic carbocycles. The van der Waals surface area contributed by atoms with Gasteiger partial charge in [-0.15, -0.1) is 11.3 Å². The van der Waals surface area contributed by atoms with E-state index in [2.05, 4.69) is 15.6 Å². The molecule has 162 valence electrons. The molecule has 2 amide bonds. The van der Waals surface area contributed by atoms with Gasteiger partial charge in [0.05, 0.1) is 27.6 Å². The standard InChI is InChI=1S/C21H18F3N3O3S/c1-12(28)25-18-8-5-15(21(22,23)24)9-19(18)27-20(29)14-3-6-17(7-4-14)30-10-16-11-31-13(2)26-16/h3-9,11H,10H2,1-2H3,(H,25,28)(H,27,29). The second kappa shape index (κ2) is 9.17. The molecule has 0 aliphatic carbocycles. The lowest BCUT2D eigenvalue weighted by molar-refractivity contribution is -0.137. The molecule has 0 radical (unpaired) electrons. The number of amides is 2. The normalized spacial score (nSPS) is 11.1. The summed E-state index contributed by atoms with van der Waals surface area (Å²) < 4.78 is 44.8. The molecule has 3 rings (SSSR count). The molecule has 0 bridgehead atoms. The van der Waals surface area contributed by atoms with E-state index in [1.165, 1.54) is 30.4 Å². The Morgan fingerprint density at radius 3 is 2.35 bits per heavy atom. The Labute approximate surface area is 180 Å². The SMILES string of the molecule is CC(=O)Nc1ccc(C(F)(F)F)cc1NC(=O)c1ccc(OCc2csc(C)n2)cc1. The number of thiazole rings is 1. The van der Waals surface area contributed by atoms with Crippen LogP contribution in [0.3, 0.4) is 0 Å². The summed E-state index contributed by atoms with van der Waals surface area (Å²) in [7, 11) is 0. The van der Waals surface area contributed by atoms with Crippen LogP contribution in [0.4, 0.5) is 24.5 Å². The van der Waals surface area contributed by atoms with Crippen molar-refractivity contribution in [3.63, 3.8) is 0 Å². The van der Waals surface area contributed by atoms with Gasteiger partial charge < -0.3 is 15.4 Å². The minimum atomic E-state index is -4.59. The molecule has 3 aromatic rings. The Morgan fingerprint density at radius 2 is 1.77 bits per heavy atom. The van der Waals surface area contributed by atoms with Crippen molar-refractivity contribution in [3.05, 3.63) is 69.7 Å². The van der Waals surface area contributed by atoms with Crippen molar-refractivity contribution in [2.24, 2.45) is 0 Å². The van der Waals surface area contributed by atoms with Crippen LogP contribution in [0, 0.1) is 6.92 Å². The Bertz CT molecular complexity index is 1100. The van der Waals surface area contributed by atoms with E-state index in [-0.39, 0.29) is 23.5 Å². The van der Waals surface area contributed by atoms with Crippen molar-refractivity contribution >= 4 is 34.5 Å². The van der Waals surface area contributed by atoms with Gasteiger partial charge in [0.15, 0.2) is 0 Å². The molecule has 2 N–H and O–H groups in total. The smallest absolute Gasteiger partial charge is 0.416 e. The topological polar surface area (TPSA) is 80.3 Å². The van der Waals surface area contributed by atoms with Crippen molar-refractivity contribution in [1.29, 1.82) is 0 Å². The summed E-state index contributed by atoms with van der Waals surface area (Å²) in [5.41, 5.74) is -0.0399. The third-order valence-corrected chi connectivity index (χ3v) is 4.90. The summed E-state index contributed by atoms with van der Waals surface area (Å²) in [5.74, 6) is -0.597. The predicted molar refractivity (Wildman–Crippen MR) is 111 cm³/mol. The number of nitrogens with one attached hydrogen (secondary N) is 2. The van der Waals surface area contributed by atoms with E-state index in [4.69, 9.17) is 4.74 Å². The zero-order valence-corrected chi connectivity index (χ0v) is 17.4. The van der Waals surface area contributed by atoms with Crippen molar-refractivity contribution in [2.75, 3.05) is 10.6 Å². The molecule has 0 saturated carbocycles. The Hall–Kier alpha value is -3.40. The monoisotopic (exact) mass is 449 g/mol. The van der Waals surface area contributed by atoms with E-state index in [1.54, 1.807) is 12.1 Å². The number of nitrogens with zero attached hydrogens (tertiary/aromatic N) is 1. The lowest BCUT2D eigenvalue weighted by atomic mass is 10.1. The number of ether oxygens (including phenoxy) is 1. The van der Waals surface area contributed by atoms with Crippen molar-refractivity contribution in [1.82, 2.24) is 4.98 Å². The molecule has 1 aromatic heterocycles. The van der Waals surface area contributed by atoms with Crippen LogP contribution in [-0.2, 0) is 17.6 Å². The number of rotatable bonds is 6. The zero-order chi connectivity index (χ0) is 22.6. The zero-order valence-electron chi connectivity index (χ0n) is 16.5. The van der Waals surface area contributed by atoms with Gasteiger partial charge in [-0.1, -0.05) is 0 Å². The number of benzene rings is 2. The summed E-state index contributed by atoms with van der Waals surface area (Å²) in [5, 5.41) is 7.64. The second-order valence-electron chi connectivity index (χ2n) is 6.56. The van der Waals surface area contributed by atoms with Crippen LogP contribution in [0.5, 0.6) is 5.75 Å². The summed E-state index contributed by atoms with van der Waals surface area (Å²) >= 11 is 1.51. The van der Waals surface area contributed by atoms with Crippen LogP contribution in [-0.4, -0.2) is 16.8 Å². The molecule has 0 saturated heterocycles. The molecule has 0 fully saturated rings. The summed E-state index contributed by atoms with van der Waals surface area (Å²) in [6.45, 7) is 3.39. The first-order valence-corrected chi connectivity index (χ1v) is 9.94. The van der Waals surface area contributed by atoms with Gasteiger partial charge in [-0.2, -0.15) is 13.2 Å². The maximum Gasteiger partial charge on any atom is 0.416 e. The summed E-state index contributed by atoms with van der Waals surface area (Å²) in [6.07, 6.45) is -4.59. The van der Waals surface area contributed by atoms with Gasteiger partial charge in [-0.25, -0.2) is 4.98 Å². The van der Waals surface area contributed by atoms with Gasteiger partial charge in [-0.3, -0.25) is 9.59 Å². The number of aryl methyl sites for hydroxylation is 1. The molecule has 0 atom stereocenters. The van der Waals surface area contributed by atoms with E-state index < -0.39 is 23.6 Å². The molecular weight excluding hydrogens is 431 g/mol. The lowest BCUT2D eigenvalue weighted by Gasteiger charge is -2.15. The fourth-order valence-corrected chi connectivity index (χ4v) is 3.25. The molecule has 10 heteroatoms. The van der Waals surface area contributed by atoms with Crippen molar-refractivity contribution < 1.29 is 27.5 Å². The Morgan fingerprint density at radius 1 is 1.06 bits per heavy atom. The van der Waals surface area contributed by atoms with Crippen LogP contribution >= 0.6 is 11.3 Å². The van der Waals surface area contributed by atoms with E-state index >= 15 is 0 Å². The predicted octanol–water partition coefficient (Wildman–Crippen LogP) is 5.26. The van der Waals surface area contributed by atoms with Gasteiger partial charge in [0.1, 0.15) is 12.4 Å². The van der Waals surface area contributed by atoms with E-state index in [9.17, 15) is 22.8 Å². The number of carbonyl (C=O) groups excluding carboxylic acids is 2. The first-order valence-electron chi connectivity index (χ1n) is 9.06. The minimum Gasteiger partial charge on any atom is -0.487 e. The largest absolute Gasteiger partial charge is 0.487 e. The summed E-state index contributed by atoms with van der Waals surface area (Å²) in [6, 6.07) is 8.83. The van der Waals surface area contributed by atoms with Crippen LogP contribution in [0.1, 0.15) is 33.5 Å². The first-order chi connectivity index (χ1) is 14.6. The van der Waals surface area contributed by atoms with Gasteiger partial charge in [-0.05, 0) is 49.4 Å². The van der Waals surface area contributed by atoms with Gasteiger partial charge in [0.25, 0.3) is 5.91 Å². The maximum absolute atomic E-state index is 13.0. The summed E-state index contributed by atoms with van der Waals surface area (Å²) in [4.78, 5) is 28.2. The van der Waals surface area contributed by atoms with Gasteiger partial charge in [0, 0.05) is 17.9 Å². The van der Waals surface area contributed by atoms with Gasteiger partial charge in [0.2, 0.25) is 5.91 Å². The van der Waals surface area contributed by atoms with E-state index in [1.807, 2.05) is 12.3 Å². The van der Waals surface area contributed by atoms with Crippen LogP contribution in [0.15, 0.2) is 47.8 Å². The number of alkyl halides is 3. The fraction of sp³-hybridized carbons (Fsp3) is 0.190. The average molecular weight is 449 g/mol. The molecule has 0 unspecified atom stereocenters. The Kier molecular flexibility index (Phi) is 6.59. The molecule has 1 heterocycles. The highest BCUT2D eigenvalue weighted by Gasteiger charge is 2.31. The first kappa shape index (κ1) is 22.3. The number of aromatic nitrogens is 1. The fourth-order valence-electron chi connectivity index (χ4n) is 2.65. The highest BCUT2D eigenvalue weighted by atomic mass is 32.1. The number of halogens is 3. The third-order valence-electron chi connectivity index (χ3n) is 4.08. The van der Waals surface area contributed by atoms with Crippen LogP contribution < -0.4 is 15.4 Å². The average Bonchev–Trinajstić information content (AvgIpc) is 3.12. The van der Waals surface area contributed by atoms with Crippen molar-refractivity contribution in [2.45, 2.75) is 26.6 Å². The molecule has 0 aliphatic heterocycles. The molecular formula is C21H18F3N3O3S. The lowest BCUT2D eigenvalue weighted by Crippen LogP contribution is -2.16. The van der Waals surface area contributed by atoms with Crippen LogP contribution in [0.2, 0.25) is 0 Å². The quantitative estimate of drug-likeness (QED) is 0.538. The molecule has 31 heavy (non-hydrogen) atoms. The van der Waals surface area contributed by atoms with E-state index in [0.29, 0.717) is 5.75 Å². The second-order valence-corrected chi connectivity index (χ2v) is 7.63. The number of carbonyl (C=O) groups is 2. The number of hydrogen-bond donors (Lipinski definition) is 2. The molecule has 6 nitrogen and oxygen atoms in total. The minimum absolute atomic E-state index is 0.0624. The molecule has 0 spiro atoms. The van der Waals surface area contributed by atoms with Crippen molar-refractivity contribution in [3.8, 4) is 5.75 Å². The number of hydrogen-bond acceptors (Lipinski definition) is 5.